The minimum Gasteiger partial charge on any atom is -0.444 e. The third-order valence-corrected chi connectivity index (χ3v) is 5.06. The summed E-state index contributed by atoms with van der Waals surface area (Å²) in [4.78, 5) is 46.4. The Morgan fingerprint density at radius 2 is 1.72 bits per heavy atom. The summed E-state index contributed by atoms with van der Waals surface area (Å²) in [7, 11) is 0. The maximum atomic E-state index is 12.4. The molecule has 0 aliphatic heterocycles. The van der Waals surface area contributed by atoms with E-state index in [2.05, 4.69) is 20.6 Å². The molecule has 3 aromatic rings. The van der Waals surface area contributed by atoms with E-state index in [1.807, 2.05) is 36.4 Å². The van der Waals surface area contributed by atoms with E-state index in [1.54, 1.807) is 50.2 Å². The van der Waals surface area contributed by atoms with Gasteiger partial charge in [-0.2, -0.15) is 0 Å². The lowest BCUT2D eigenvalue weighted by Crippen LogP contribution is -2.39. The SMILES string of the molecule is CC(=O)N(CCNC(=O)OC(C)(C)C)c1ccc(-c2ccc(C(=O)NCc3cccnc3)cn2)cc1. The quantitative estimate of drug-likeness (QED) is 0.495. The summed E-state index contributed by atoms with van der Waals surface area (Å²) in [5.41, 5.74) is 3.03. The first kappa shape index (κ1) is 26.3. The van der Waals surface area contributed by atoms with Crippen molar-refractivity contribution >= 4 is 23.6 Å². The highest BCUT2D eigenvalue weighted by Crippen LogP contribution is 2.22. The number of carbonyl (C=O) groups excluding carboxylic acids is 3. The Hall–Kier alpha value is -4.27. The molecule has 0 bridgehead atoms. The average Bonchev–Trinajstić information content (AvgIpc) is 2.85. The summed E-state index contributed by atoms with van der Waals surface area (Å²) in [6, 6.07) is 14.6. The lowest BCUT2D eigenvalue weighted by molar-refractivity contribution is -0.116. The van der Waals surface area contributed by atoms with E-state index in [4.69, 9.17) is 4.74 Å². The largest absolute Gasteiger partial charge is 0.444 e. The number of hydrogen-bond donors (Lipinski definition) is 2. The predicted molar refractivity (Wildman–Crippen MR) is 137 cm³/mol. The van der Waals surface area contributed by atoms with Crippen molar-refractivity contribution in [1.82, 2.24) is 20.6 Å². The second kappa shape index (κ2) is 11.9. The van der Waals surface area contributed by atoms with Crippen molar-refractivity contribution in [3.8, 4) is 11.3 Å². The van der Waals surface area contributed by atoms with Gasteiger partial charge in [-0.3, -0.25) is 19.6 Å². The van der Waals surface area contributed by atoms with Crippen LogP contribution in [0.1, 0.15) is 43.6 Å². The number of pyridine rings is 2. The average molecular weight is 490 g/mol. The molecule has 0 saturated heterocycles. The van der Waals surface area contributed by atoms with Gasteiger partial charge in [-0.25, -0.2) is 4.79 Å². The van der Waals surface area contributed by atoms with Crippen molar-refractivity contribution in [2.24, 2.45) is 0 Å². The fourth-order valence-electron chi connectivity index (χ4n) is 3.35. The molecule has 0 unspecified atom stereocenters. The maximum Gasteiger partial charge on any atom is 0.407 e. The Morgan fingerprint density at radius 3 is 2.31 bits per heavy atom. The third-order valence-electron chi connectivity index (χ3n) is 5.06. The molecule has 2 heterocycles. The molecule has 3 amide bonds. The number of amides is 3. The predicted octanol–water partition coefficient (Wildman–Crippen LogP) is 3.95. The van der Waals surface area contributed by atoms with Gasteiger partial charge in [-0.1, -0.05) is 18.2 Å². The number of nitrogens with one attached hydrogen (secondary N) is 2. The van der Waals surface area contributed by atoms with Crippen molar-refractivity contribution in [3.63, 3.8) is 0 Å². The molecule has 0 saturated carbocycles. The Balaban J connectivity index is 1.58. The molecule has 9 heteroatoms. The van der Waals surface area contributed by atoms with Crippen LogP contribution >= 0.6 is 0 Å². The monoisotopic (exact) mass is 489 g/mol. The van der Waals surface area contributed by atoms with E-state index >= 15 is 0 Å². The molecule has 0 radical (unpaired) electrons. The van der Waals surface area contributed by atoms with Crippen molar-refractivity contribution in [2.45, 2.75) is 39.8 Å². The molecule has 2 N–H and O–H groups in total. The topological polar surface area (TPSA) is 114 Å². The van der Waals surface area contributed by atoms with E-state index in [-0.39, 0.29) is 18.4 Å². The lowest BCUT2D eigenvalue weighted by Gasteiger charge is -2.23. The van der Waals surface area contributed by atoms with Gasteiger partial charge in [0, 0.05) is 56.4 Å². The van der Waals surface area contributed by atoms with Crippen molar-refractivity contribution in [3.05, 3.63) is 78.2 Å². The zero-order valence-corrected chi connectivity index (χ0v) is 20.9. The van der Waals surface area contributed by atoms with Crippen molar-refractivity contribution < 1.29 is 19.1 Å². The van der Waals surface area contributed by atoms with Crippen LogP contribution in [-0.4, -0.2) is 46.6 Å². The van der Waals surface area contributed by atoms with E-state index in [1.165, 1.54) is 13.1 Å². The van der Waals surface area contributed by atoms with Crippen LogP contribution in [0.3, 0.4) is 0 Å². The number of alkyl carbamates (subject to hydrolysis) is 1. The van der Waals surface area contributed by atoms with E-state index in [0.29, 0.717) is 30.0 Å². The molecule has 0 aliphatic rings. The number of aromatic nitrogens is 2. The normalized spacial score (nSPS) is 10.9. The van der Waals surface area contributed by atoms with Gasteiger partial charge in [0.25, 0.3) is 5.91 Å². The molecule has 3 rings (SSSR count). The van der Waals surface area contributed by atoms with Crippen LogP contribution in [0.25, 0.3) is 11.3 Å². The number of nitrogens with zero attached hydrogens (tertiary/aromatic N) is 3. The molecule has 0 aliphatic carbocycles. The number of ether oxygens (including phenoxy) is 1. The molecule has 188 valence electrons. The standard InChI is InChI=1S/C27H31N5O4/c1-19(33)32(15-14-29-26(35)36-27(2,3)4)23-10-7-21(8-11-23)24-12-9-22(18-30-24)25(34)31-17-20-6-5-13-28-16-20/h5-13,16,18H,14-15,17H2,1-4H3,(H,29,35)(H,31,34). The first-order valence-corrected chi connectivity index (χ1v) is 11.6. The Labute approximate surface area is 210 Å². The summed E-state index contributed by atoms with van der Waals surface area (Å²) in [5.74, 6) is -0.362. The molecule has 36 heavy (non-hydrogen) atoms. The van der Waals surface area contributed by atoms with Crippen molar-refractivity contribution in [1.29, 1.82) is 0 Å². The highest BCUT2D eigenvalue weighted by Gasteiger charge is 2.17. The van der Waals surface area contributed by atoms with Crippen LogP contribution in [0.2, 0.25) is 0 Å². The highest BCUT2D eigenvalue weighted by molar-refractivity contribution is 5.94. The molecular weight excluding hydrogens is 458 g/mol. The fourth-order valence-corrected chi connectivity index (χ4v) is 3.35. The number of benzene rings is 1. The van der Waals surface area contributed by atoms with Crippen LogP contribution in [0.4, 0.5) is 10.5 Å². The Morgan fingerprint density at radius 1 is 0.972 bits per heavy atom. The summed E-state index contributed by atoms with van der Waals surface area (Å²) in [6.45, 7) is 7.78. The minimum atomic E-state index is -0.587. The van der Waals surface area contributed by atoms with Gasteiger partial charge < -0.3 is 20.3 Å². The molecule has 0 atom stereocenters. The van der Waals surface area contributed by atoms with Crippen LogP contribution in [0, 0.1) is 0 Å². The van der Waals surface area contributed by atoms with Crippen LogP contribution in [-0.2, 0) is 16.1 Å². The molecule has 0 fully saturated rings. The maximum absolute atomic E-state index is 12.4. The Bertz CT molecular complexity index is 1170. The second-order valence-electron chi connectivity index (χ2n) is 9.12. The lowest BCUT2D eigenvalue weighted by atomic mass is 10.1. The summed E-state index contributed by atoms with van der Waals surface area (Å²) in [6.07, 6.45) is 4.39. The molecule has 1 aromatic carbocycles. The van der Waals surface area contributed by atoms with E-state index < -0.39 is 11.7 Å². The molecule has 2 aromatic heterocycles. The van der Waals surface area contributed by atoms with Gasteiger partial charge in [-0.05, 0) is 56.7 Å². The first-order chi connectivity index (χ1) is 17.1. The molecule has 9 nitrogen and oxygen atoms in total. The van der Waals surface area contributed by atoms with Crippen LogP contribution in [0.15, 0.2) is 67.1 Å². The number of anilines is 1. The van der Waals surface area contributed by atoms with Crippen LogP contribution in [0.5, 0.6) is 0 Å². The van der Waals surface area contributed by atoms with Gasteiger partial charge in [0.05, 0.1) is 11.3 Å². The summed E-state index contributed by atoms with van der Waals surface area (Å²) < 4.78 is 5.22. The number of hydrogen-bond acceptors (Lipinski definition) is 6. The smallest absolute Gasteiger partial charge is 0.407 e. The second-order valence-corrected chi connectivity index (χ2v) is 9.12. The van der Waals surface area contributed by atoms with Gasteiger partial charge in [-0.15, -0.1) is 0 Å². The van der Waals surface area contributed by atoms with Gasteiger partial charge >= 0.3 is 6.09 Å². The summed E-state index contributed by atoms with van der Waals surface area (Å²) >= 11 is 0. The Kier molecular flexibility index (Phi) is 8.72. The number of rotatable bonds is 8. The summed E-state index contributed by atoms with van der Waals surface area (Å²) in [5, 5.41) is 5.51. The van der Waals surface area contributed by atoms with Gasteiger partial charge in [0.15, 0.2) is 0 Å². The zero-order valence-electron chi connectivity index (χ0n) is 20.9. The minimum absolute atomic E-state index is 0.145. The van der Waals surface area contributed by atoms with Crippen LogP contribution < -0.4 is 15.5 Å². The fraction of sp³-hybridized carbons (Fsp3) is 0.296. The molecule has 0 spiro atoms. The molecular formula is C27H31N5O4. The first-order valence-electron chi connectivity index (χ1n) is 11.6. The highest BCUT2D eigenvalue weighted by atomic mass is 16.6. The third kappa shape index (κ3) is 7.90. The zero-order chi connectivity index (χ0) is 26.1. The van der Waals surface area contributed by atoms with E-state index in [0.717, 1.165) is 11.1 Å². The van der Waals surface area contributed by atoms with E-state index in [9.17, 15) is 14.4 Å². The number of carbonyl (C=O) groups is 3. The van der Waals surface area contributed by atoms with Gasteiger partial charge in [0.2, 0.25) is 5.91 Å². The van der Waals surface area contributed by atoms with Gasteiger partial charge in [0.1, 0.15) is 5.60 Å². The van der Waals surface area contributed by atoms with Crippen molar-refractivity contribution in [2.75, 3.05) is 18.0 Å².